The molecular weight excluding hydrogens is 295 g/mol. The van der Waals surface area contributed by atoms with Crippen molar-refractivity contribution in [3.8, 4) is 5.75 Å². The van der Waals surface area contributed by atoms with Crippen LogP contribution in [0.5, 0.6) is 5.75 Å². The number of alkyl halides is 3. The molecule has 120 valence electrons. The van der Waals surface area contributed by atoms with Crippen molar-refractivity contribution in [2.24, 2.45) is 5.41 Å². The molecule has 1 saturated heterocycles. The van der Waals surface area contributed by atoms with Crippen LogP contribution >= 0.6 is 0 Å². The van der Waals surface area contributed by atoms with Crippen LogP contribution in [-0.4, -0.2) is 36.2 Å². The summed E-state index contributed by atoms with van der Waals surface area (Å²) in [6.45, 7) is 3.76. The number of carbonyl (C=O) groups is 1. The van der Waals surface area contributed by atoms with Crippen LogP contribution in [0.3, 0.4) is 0 Å². The normalized spacial score (nSPS) is 22.8. The highest BCUT2D eigenvalue weighted by atomic mass is 19.4. The van der Waals surface area contributed by atoms with Gasteiger partial charge < -0.3 is 9.64 Å². The van der Waals surface area contributed by atoms with Crippen molar-refractivity contribution in [2.45, 2.75) is 39.0 Å². The van der Waals surface area contributed by atoms with Crippen molar-refractivity contribution in [3.63, 3.8) is 0 Å². The van der Waals surface area contributed by atoms with Crippen LogP contribution in [0.2, 0.25) is 0 Å². The van der Waals surface area contributed by atoms with Crippen LogP contribution < -0.4 is 4.74 Å². The zero-order valence-electron chi connectivity index (χ0n) is 12.5. The van der Waals surface area contributed by atoms with E-state index >= 15 is 0 Å². The summed E-state index contributed by atoms with van der Waals surface area (Å²) >= 11 is 0. The van der Waals surface area contributed by atoms with Crippen molar-refractivity contribution in [1.29, 1.82) is 0 Å². The number of carbonyl (C=O) groups excluding carboxylic acids is 1. The molecule has 3 nitrogen and oxygen atoms in total. The van der Waals surface area contributed by atoms with E-state index in [2.05, 4.69) is 0 Å². The minimum Gasteiger partial charge on any atom is -0.480 e. The maximum atomic E-state index is 12.5. The van der Waals surface area contributed by atoms with Gasteiger partial charge >= 0.3 is 6.18 Å². The van der Waals surface area contributed by atoms with Gasteiger partial charge in [0.2, 0.25) is 0 Å². The third-order valence-electron chi connectivity index (χ3n) is 4.32. The molecule has 2 aliphatic heterocycles. The molecule has 1 unspecified atom stereocenters. The SMILES string of the molecule is Cc1cccc2c1OC(C(=O)N1CC(C)(CC(F)(F)F)C1)C2. The number of halogens is 3. The highest BCUT2D eigenvalue weighted by Crippen LogP contribution is 2.41. The quantitative estimate of drug-likeness (QED) is 0.840. The van der Waals surface area contributed by atoms with Gasteiger partial charge in [-0.2, -0.15) is 13.2 Å². The van der Waals surface area contributed by atoms with E-state index < -0.39 is 24.1 Å². The fourth-order valence-corrected chi connectivity index (χ4v) is 3.39. The third-order valence-corrected chi connectivity index (χ3v) is 4.32. The monoisotopic (exact) mass is 313 g/mol. The number of fused-ring (bicyclic) bond motifs is 1. The summed E-state index contributed by atoms with van der Waals surface area (Å²) in [7, 11) is 0. The molecule has 2 aliphatic rings. The van der Waals surface area contributed by atoms with E-state index in [4.69, 9.17) is 4.74 Å². The molecule has 1 atom stereocenters. The standard InChI is InChI=1S/C16H18F3NO2/c1-10-4-3-5-11-6-12(22-13(10)11)14(21)20-8-15(2,9-20)7-16(17,18)19/h3-5,12H,6-9H2,1-2H3. The number of para-hydroxylation sites is 1. The van der Waals surface area contributed by atoms with Crippen LogP contribution in [0.4, 0.5) is 13.2 Å². The Morgan fingerprint density at radius 3 is 2.68 bits per heavy atom. The average molecular weight is 313 g/mol. The summed E-state index contributed by atoms with van der Waals surface area (Å²) < 4.78 is 43.2. The number of benzene rings is 1. The Kier molecular flexibility index (Phi) is 3.38. The number of likely N-dealkylation sites (tertiary alicyclic amines) is 1. The number of nitrogens with zero attached hydrogens (tertiary/aromatic N) is 1. The Morgan fingerprint density at radius 2 is 2.09 bits per heavy atom. The number of amides is 1. The number of ether oxygens (including phenoxy) is 1. The first kappa shape index (κ1) is 15.2. The second-order valence-corrected chi connectivity index (χ2v) is 6.67. The van der Waals surface area contributed by atoms with E-state index in [0.29, 0.717) is 6.42 Å². The average Bonchev–Trinajstić information content (AvgIpc) is 2.78. The van der Waals surface area contributed by atoms with Crippen LogP contribution in [0.1, 0.15) is 24.5 Å². The molecule has 0 spiro atoms. The smallest absolute Gasteiger partial charge is 0.389 e. The molecule has 0 radical (unpaired) electrons. The molecule has 0 N–H and O–H groups in total. The van der Waals surface area contributed by atoms with Gasteiger partial charge in [-0.3, -0.25) is 4.79 Å². The fraction of sp³-hybridized carbons (Fsp3) is 0.562. The lowest BCUT2D eigenvalue weighted by Gasteiger charge is -2.48. The van der Waals surface area contributed by atoms with Gasteiger partial charge in [0.1, 0.15) is 5.75 Å². The van der Waals surface area contributed by atoms with Gasteiger partial charge in [0.25, 0.3) is 5.91 Å². The summed E-state index contributed by atoms with van der Waals surface area (Å²) in [5.74, 6) is 0.523. The highest BCUT2D eigenvalue weighted by Gasteiger charge is 2.50. The predicted molar refractivity (Wildman–Crippen MR) is 74.7 cm³/mol. The van der Waals surface area contributed by atoms with Gasteiger partial charge in [-0.05, 0) is 18.1 Å². The topological polar surface area (TPSA) is 29.5 Å². The summed E-state index contributed by atoms with van der Waals surface area (Å²) in [6, 6.07) is 5.74. The van der Waals surface area contributed by atoms with Gasteiger partial charge in [0.05, 0.1) is 6.42 Å². The molecule has 2 heterocycles. The maximum absolute atomic E-state index is 12.5. The maximum Gasteiger partial charge on any atom is 0.389 e. The van der Waals surface area contributed by atoms with Crippen LogP contribution in [0.15, 0.2) is 18.2 Å². The van der Waals surface area contributed by atoms with Crippen LogP contribution in [0, 0.1) is 12.3 Å². The molecular formula is C16H18F3NO2. The molecule has 0 saturated carbocycles. The van der Waals surface area contributed by atoms with Gasteiger partial charge in [0.15, 0.2) is 6.10 Å². The van der Waals surface area contributed by atoms with Gasteiger partial charge in [-0.15, -0.1) is 0 Å². The second-order valence-electron chi connectivity index (χ2n) is 6.67. The van der Waals surface area contributed by atoms with E-state index in [0.717, 1.165) is 16.9 Å². The number of hydrogen-bond acceptors (Lipinski definition) is 2. The molecule has 6 heteroatoms. The molecule has 0 aromatic heterocycles. The van der Waals surface area contributed by atoms with Gasteiger partial charge in [-0.25, -0.2) is 0 Å². The molecule has 1 fully saturated rings. The Bertz CT molecular complexity index is 606. The summed E-state index contributed by atoms with van der Waals surface area (Å²) in [6.07, 6.45) is -5.16. The molecule has 1 aromatic carbocycles. The molecule has 0 bridgehead atoms. The molecule has 1 aromatic rings. The fourth-order valence-electron chi connectivity index (χ4n) is 3.39. The van der Waals surface area contributed by atoms with E-state index in [1.165, 1.54) is 4.90 Å². The van der Waals surface area contributed by atoms with Crippen LogP contribution in [0.25, 0.3) is 0 Å². The summed E-state index contributed by atoms with van der Waals surface area (Å²) in [5.41, 5.74) is 1.09. The Hall–Kier alpha value is -1.72. The second kappa shape index (κ2) is 4.89. The van der Waals surface area contributed by atoms with E-state index in [-0.39, 0.29) is 19.0 Å². The van der Waals surface area contributed by atoms with Crippen molar-refractivity contribution in [1.82, 2.24) is 4.90 Å². The number of hydrogen-bond donors (Lipinski definition) is 0. The van der Waals surface area contributed by atoms with Crippen molar-refractivity contribution < 1.29 is 22.7 Å². The first-order valence-corrected chi connectivity index (χ1v) is 7.28. The zero-order chi connectivity index (χ0) is 16.1. The molecule has 1 amide bonds. The van der Waals surface area contributed by atoms with Crippen LogP contribution in [-0.2, 0) is 11.2 Å². The largest absolute Gasteiger partial charge is 0.480 e. The van der Waals surface area contributed by atoms with Gasteiger partial charge in [-0.1, -0.05) is 25.1 Å². The Labute approximate surface area is 127 Å². The lowest BCUT2D eigenvalue weighted by Crippen LogP contribution is -2.60. The van der Waals surface area contributed by atoms with E-state index in [1.807, 2.05) is 25.1 Å². The summed E-state index contributed by atoms with van der Waals surface area (Å²) in [4.78, 5) is 13.9. The Balaban J connectivity index is 1.61. The minimum atomic E-state index is -4.19. The van der Waals surface area contributed by atoms with E-state index in [1.54, 1.807) is 6.92 Å². The number of rotatable bonds is 2. The third kappa shape index (κ3) is 2.78. The highest BCUT2D eigenvalue weighted by molar-refractivity contribution is 5.83. The Morgan fingerprint density at radius 1 is 1.41 bits per heavy atom. The predicted octanol–water partition coefficient (Wildman–Crippen LogP) is 3.10. The van der Waals surface area contributed by atoms with Crippen molar-refractivity contribution in [2.75, 3.05) is 13.1 Å². The van der Waals surface area contributed by atoms with Gasteiger partial charge in [0, 0.05) is 24.9 Å². The van der Waals surface area contributed by atoms with Crippen molar-refractivity contribution in [3.05, 3.63) is 29.3 Å². The molecule has 0 aliphatic carbocycles. The lowest BCUT2D eigenvalue weighted by atomic mass is 9.78. The van der Waals surface area contributed by atoms with Crippen molar-refractivity contribution >= 4 is 5.91 Å². The molecule has 3 rings (SSSR count). The van der Waals surface area contributed by atoms with E-state index in [9.17, 15) is 18.0 Å². The number of aryl methyl sites for hydroxylation is 1. The summed E-state index contributed by atoms with van der Waals surface area (Å²) in [5, 5.41) is 0. The first-order valence-electron chi connectivity index (χ1n) is 7.28. The first-order chi connectivity index (χ1) is 10.2. The minimum absolute atomic E-state index is 0.139. The lowest BCUT2D eigenvalue weighted by molar-refractivity contribution is -0.184. The molecule has 22 heavy (non-hydrogen) atoms. The zero-order valence-corrected chi connectivity index (χ0v) is 12.5.